The molecule has 1 fully saturated rings. The summed E-state index contributed by atoms with van der Waals surface area (Å²) in [7, 11) is 0. The van der Waals surface area contributed by atoms with Crippen molar-refractivity contribution in [3.8, 4) is 0 Å². The average molecular weight is 178 g/mol. The first kappa shape index (κ1) is 9.88. The van der Waals surface area contributed by atoms with Crippen LogP contribution in [0.5, 0.6) is 0 Å². The number of hydrogen-bond acceptors (Lipinski definition) is 5. The molecule has 5 nitrogen and oxygen atoms in total. The van der Waals surface area contributed by atoms with Crippen LogP contribution in [-0.2, 0) is 4.74 Å². The normalized spacial score (nSPS) is 49.2. The summed E-state index contributed by atoms with van der Waals surface area (Å²) in [4.78, 5) is 0. The molecule has 3 unspecified atom stereocenters. The molecule has 0 aromatic heterocycles. The van der Waals surface area contributed by atoms with Crippen molar-refractivity contribution in [1.82, 2.24) is 0 Å². The number of hydrogen-bond donors (Lipinski definition) is 4. The molecule has 72 valence electrons. The first-order chi connectivity index (χ1) is 5.57. The quantitative estimate of drug-likeness (QED) is 0.375. The van der Waals surface area contributed by atoms with Gasteiger partial charge in [0.15, 0.2) is 6.29 Å². The molecule has 0 aliphatic carbocycles. The Bertz CT molecular complexity index is 146. The second-order valence-electron chi connectivity index (χ2n) is 3.09. The summed E-state index contributed by atoms with van der Waals surface area (Å²) < 4.78 is 4.83. The summed E-state index contributed by atoms with van der Waals surface area (Å²) in [6.07, 6.45) is -4.20. The average Bonchev–Trinajstić information content (AvgIpc) is 2.08. The molecule has 1 aliphatic heterocycles. The summed E-state index contributed by atoms with van der Waals surface area (Å²) in [5.74, 6) is -0.539. The number of rotatable bonds is 1. The van der Waals surface area contributed by atoms with Gasteiger partial charge in [0.05, 0.1) is 12.7 Å². The Hall–Kier alpha value is -0.200. The third-order valence-corrected chi connectivity index (χ3v) is 2.21. The van der Waals surface area contributed by atoms with Crippen LogP contribution in [0.2, 0.25) is 0 Å². The first-order valence-corrected chi connectivity index (χ1v) is 3.88. The lowest BCUT2D eigenvalue weighted by atomic mass is 9.93. The van der Waals surface area contributed by atoms with Gasteiger partial charge in [0.25, 0.3) is 0 Å². The molecule has 4 N–H and O–H groups in total. The number of aliphatic hydroxyl groups excluding tert-OH is 4. The third kappa shape index (κ3) is 1.60. The van der Waals surface area contributed by atoms with E-state index in [9.17, 15) is 10.2 Å². The lowest BCUT2D eigenvalue weighted by molar-refractivity contribution is -0.266. The van der Waals surface area contributed by atoms with Crippen molar-refractivity contribution in [1.29, 1.82) is 0 Å². The first-order valence-electron chi connectivity index (χ1n) is 3.88. The Morgan fingerprint density at radius 1 is 1.17 bits per heavy atom. The zero-order chi connectivity index (χ0) is 9.30. The monoisotopic (exact) mass is 178 g/mol. The summed E-state index contributed by atoms with van der Waals surface area (Å²) >= 11 is 0. The van der Waals surface area contributed by atoms with E-state index in [-0.39, 0.29) is 0 Å². The van der Waals surface area contributed by atoms with Crippen LogP contribution in [0.4, 0.5) is 0 Å². The molecule has 5 heteroatoms. The maximum Gasteiger partial charge on any atom is 0.160 e. The van der Waals surface area contributed by atoms with E-state index >= 15 is 0 Å². The molecule has 1 saturated heterocycles. The van der Waals surface area contributed by atoms with Gasteiger partial charge in [-0.2, -0.15) is 0 Å². The minimum atomic E-state index is -1.13. The fraction of sp³-hybridized carbons (Fsp3) is 1.00. The van der Waals surface area contributed by atoms with Crippen LogP contribution in [0.15, 0.2) is 0 Å². The molecule has 0 saturated carbocycles. The molecular weight excluding hydrogens is 164 g/mol. The Kier molecular flexibility index (Phi) is 3.03. The summed E-state index contributed by atoms with van der Waals surface area (Å²) in [6, 6.07) is 0. The van der Waals surface area contributed by atoms with Crippen molar-refractivity contribution in [2.24, 2.45) is 5.92 Å². The highest BCUT2D eigenvalue weighted by Gasteiger charge is 2.40. The molecular formula is C7H14O5. The van der Waals surface area contributed by atoms with E-state index in [0.717, 1.165) is 0 Å². The molecule has 1 rings (SSSR count). The fourth-order valence-corrected chi connectivity index (χ4v) is 1.23. The molecule has 0 bridgehead atoms. The van der Waals surface area contributed by atoms with Gasteiger partial charge in [0, 0.05) is 5.92 Å². The van der Waals surface area contributed by atoms with Gasteiger partial charge in [-0.3, -0.25) is 0 Å². The van der Waals surface area contributed by atoms with E-state index < -0.39 is 37.1 Å². The second-order valence-corrected chi connectivity index (χ2v) is 3.09. The van der Waals surface area contributed by atoms with Gasteiger partial charge in [0.1, 0.15) is 12.2 Å². The van der Waals surface area contributed by atoms with E-state index in [4.69, 9.17) is 14.9 Å². The Balaban J connectivity index is 2.63. The van der Waals surface area contributed by atoms with Crippen molar-refractivity contribution in [3.05, 3.63) is 0 Å². The predicted molar refractivity (Wildman–Crippen MR) is 39.1 cm³/mol. The maximum absolute atomic E-state index is 9.32. The standard InChI is InChI=1S/C7H14O5/c1-3-5(9)6(10)4(2-8)12-7(3)11/h3-11H,2H2,1H3/t3?,4?,5?,6-,7-/m0/s1. The zero-order valence-corrected chi connectivity index (χ0v) is 6.79. The molecule has 0 spiro atoms. The van der Waals surface area contributed by atoms with Crippen molar-refractivity contribution in [2.45, 2.75) is 31.5 Å². The highest BCUT2D eigenvalue weighted by Crippen LogP contribution is 2.23. The summed E-state index contributed by atoms with van der Waals surface area (Å²) in [5.41, 5.74) is 0. The molecule has 1 heterocycles. The molecule has 12 heavy (non-hydrogen) atoms. The van der Waals surface area contributed by atoms with E-state index in [1.165, 1.54) is 0 Å². The van der Waals surface area contributed by atoms with E-state index in [1.54, 1.807) is 6.92 Å². The van der Waals surface area contributed by atoms with Gasteiger partial charge in [0.2, 0.25) is 0 Å². The van der Waals surface area contributed by atoms with Crippen molar-refractivity contribution in [2.75, 3.05) is 6.61 Å². The topological polar surface area (TPSA) is 90.2 Å². The van der Waals surface area contributed by atoms with Crippen LogP contribution in [-0.4, -0.2) is 51.6 Å². The number of ether oxygens (including phenoxy) is 1. The third-order valence-electron chi connectivity index (χ3n) is 2.21. The largest absolute Gasteiger partial charge is 0.394 e. The van der Waals surface area contributed by atoms with Crippen molar-refractivity contribution >= 4 is 0 Å². The SMILES string of the molecule is CC1C(O)[C@@H](O)C(CO)O[C@@H]1O. The Labute approximate surface area is 70.2 Å². The zero-order valence-electron chi connectivity index (χ0n) is 6.79. The van der Waals surface area contributed by atoms with Gasteiger partial charge in [-0.1, -0.05) is 6.92 Å². The molecule has 0 radical (unpaired) electrons. The summed E-state index contributed by atoms with van der Waals surface area (Å²) in [6.45, 7) is 1.15. The van der Waals surface area contributed by atoms with E-state index in [1.807, 2.05) is 0 Å². The van der Waals surface area contributed by atoms with Crippen LogP contribution >= 0.6 is 0 Å². The van der Waals surface area contributed by atoms with Crippen LogP contribution < -0.4 is 0 Å². The highest BCUT2D eigenvalue weighted by atomic mass is 16.6. The van der Waals surface area contributed by atoms with E-state index in [0.29, 0.717) is 0 Å². The minimum absolute atomic E-state index is 0.415. The molecule has 0 aromatic carbocycles. The Morgan fingerprint density at radius 2 is 1.75 bits per heavy atom. The van der Waals surface area contributed by atoms with Crippen LogP contribution in [0.25, 0.3) is 0 Å². The maximum atomic E-state index is 9.32. The second kappa shape index (κ2) is 3.68. The van der Waals surface area contributed by atoms with Crippen molar-refractivity contribution in [3.63, 3.8) is 0 Å². The fourth-order valence-electron chi connectivity index (χ4n) is 1.23. The molecule has 5 atom stereocenters. The van der Waals surface area contributed by atoms with Crippen LogP contribution in [0.1, 0.15) is 6.92 Å². The van der Waals surface area contributed by atoms with Gasteiger partial charge in [-0.05, 0) is 0 Å². The Morgan fingerprint density at radius 3 is 2.25 bits per heavy atom. The highest BCUT2D eigenvalue weighted by molar-refractivity contribution is 4.86. The minimum Gasteiger partial charge on any atom is -0.394 e. The number of aliphatic hydroxyl groups is 4. The predicted octanol–water partition coefficient (Wildman–Crippen LogP) is -1.95. The molecule has 0 amide bonds. The van der Waals surface area contributed by atoms with Crippen LogP contribution in [0.3, 0.4) is 0 Å². The van der Waals surface area contributed by atoms with Gasteiger partial charge >= 0.3 is 0 Å². The molecule has 0 aromatic rings. The smallest absolute Gasteiger partial charge is 0.160 e. The van der Waals surface area contributed by atoms with Gasteiger partial charge in [-0.15, -0.1) is 0 Å². The van der Waals surface area contributed by atoms with Crippen LogP contribution in [0, 0.1) is 5.92 Å². The lowest BCUT2D eigenvalue weighted by Gasteiger charge is -2.38. The summed E-state index contributed by atoms with van der Waals surface area (Å²) in [5, 5.41) is 36.4. The van der Waals surface area contributed by atoms with Gasteiger partial charge < -0.3 is 25.2 Å². The molecule has 1 aliphatic rings. The van der Waals surface area contributed by atoms with E-state index in [2.05, 4.69) is 0 Å². The van der Waals surface area contributed by atoms with Gasteiger partial charge in [-0.25, -0.2) is 0 Å². The van der Waals surface area contributed by atoms with Crippen molar-refractivity contribution < 1.29 is 25.2 Å². The lowest BCUT2D eigenvalue weighted by Crippen LogP contribution is -2.54.